The molecule has 0 aliphatic heterocycles. The van der Waals surface area contributed by atoms with E-state index < -0.39 is 0 Å². The zero-order valence-corrected chi connectivity index (χ0v) is 12.4. The smallest absolute Gasteiger partial charge is 0.00475 e. The van der Waals surface area contributed by atoms with E-state index >= 15 is 0 Å². The number of nitrogens with zero attached hydrogens (tertiary/aromatic N) is 1. The van der Waals surface area contributed by atoms with Gasteiger partial charge in [-0.1, -0.05) is 27.7 Å². The van der Waals surface area contributed by atoms with Crippen molar-refractivity contribution in [3.63, 3.8) is 0 Å². The van der Waals surface area contributed by atoms with Gasteiger partial charge in [0.05, 0.1) is 0 Å². The summed E-state index contributed by atoms with van der Waals surface area (Å²) in [5, 5.41) is 3.53. The number of nitrogens with one attached hydrogen (secondary N) is 1. The lowest BCUT2D eigenvalue weighted by Gasteiger charge is -2.35. The molecule has 1 aliphatic carbocycles. The third-order valence-corrected chi connectivity index (χ3v) is 4.01. The van der Waals surface area contributed by atoms with E-state index in [1.54, 1.807) is 0 Å². The van der Waals surface area contributed by atoms with Crippen LogP contribution in [0.1, 0.15) is 53.4 Å². The summed E-state index contributed by atoms with van der Waals surface area (Å²) in [5.41, 5.74) is 0.445. The second-order valence-electron chi connectivity index (χ2n) is 6.12. The largest absolute Gasteiger partial charge is 0.316 e. The molecule has 0 heterocycles. The third kappa shape index (κ3) is 5.87. The minimum atomic E-state index is 0.445. The fourth-order valence-corrected chi connectivity index (χ4v) is 2.48. The first-order valence-corrected chi connectivity index (χ1v) is 7.56. The molecule has 1 saturated carbocycles. The van der Waals surface area contributed by atoms with Crippen LogP contribution in [-0.2, 0) is 0 Å². The summed E-state index contributed by atoms with van der Waals surface area (Å²) in [6.07, 6.45) is 5.49. The zero-order chi connectivity index (χ0) is 12.7. The Hall–Kier alpha value is -0.0800. The molecule has 0 aromatic heterocycles. The molecular weight excluding hydrogens is 208 g/mol. The van der Waals surface area contributed by atoms with Crippen LogP contribution in [0, 0.1) is 11.3 Å². The highest BCUT2D eigenvalue weighted by molar-refractivity contribution is 4.83. The predicted molar refractivity (Wildman–Crippen MR) is 76.4 cm³/mol. The van der Waals surface area contributed by atoms with E-state index in [0.717, 1.165) is 19.0 Å². The summed E-state index contributed by atoms with van der Waals surface area (Å²) >= 11 is 0. The Kier molecular flexibility index (Phi) is 6.50. The second-order valence-corrected chi connectivity index (χ2v) is 6.12. The summed E-state index contributed by atoms with van der Waals surface area (Å²) < 4.78 is 0. The third-order valence-electron chi connectivity index (χ3n) is 4.01. The summed E-state index contributed by atoms with van der Waals surface area (Å²) in [5.74, 6) is 1.02. The van der Waals surface area contributed by atoms with E-state index in [1.807, 2.05) is 0 Å². The highest BCUT2D eigenvalue weighted by Gasteiger charge is 2.29. The first-order chi connectivity index (χ1) is 8.13. The normalized spacial score (nSPS) is 19.6. The van der Waals surface area contributed by atoms with Gasteiger partial charge in [0.15, 0.2) is 0 Å². The lowest BCUT2D eigenvalue weighted by atomic mass is 9.86. The van der Waals surface area contributed by atoms with Crippen molar-refractivity contribution in [2.24, 2.45) is 11.3 Å². The molecule has 1 rings (SSSR count). The Labute approximate surface area is 108 Å². The van der Waals surface area contributed by atoms with E-state index in [1.165, 1.54) is 45.3 Å². The molecule has 2 heteroatoms. The number of hydrogen-bond donors (Lipinski definition) is 1. The van der Waals surface area contributed by atoms with Crippen molar-refractivity contribution < 1.29 is 0 Å². The Morgan fingerprint density at radius 1 is 1.24 bits per heavy atom. The van der Waals surface area contributed by atoms with Crippen molar-refractivity contribution in [2.75, 3.05) is 32.7 Å². The van der Waals surface area contributed by atoms with Crippen LogP contribution in [0.2, 0.25) is 0 Å². The van der Waals surface area contributed by atoms with Crippen LogP contribution in [0.15, 0.2) is 0 Å². The van der Waals surface area contributed by atoms with Gasteiger partial charge < -0.3 is 10.2 Å². The Morgan fingerprint density at radius 3 is 2.41 bits per heavy atom. The van der Waals surface area contributed by atoms with Gasteiger partial charge in [-0.05, 0) is 50.1 Å². The molecule has 2 nitrogen and oxygen atoms in total. The molecule has 0 radical (unpaired) electrons. The van der Waals surface area contributed by atoms with Gasteiger partial charge in [0.2, 0.25) is 0 Å². The predicted octanol–water partition coefficient (Wildman–Crippen LogP) is 3.13. The molecule has 1 atom stereocenters. The van der Waals surface area contributed by atoms with Gasteiger partial charge in [-0.3, -0.25) is 0 Å². The Bertz CT molecular complexity index is 201. The minimum Gasteiger partial charge on any atom is -0.316 e. The van der Waals surface area contributed by atoms with Crippen molar-refractivity contribution in [1.82, 2.24) is 10.2 Å². The van der Waals surface area contributed by atoms with Crippen molar-refractivity contribution >= 4 is 0 Å². The molecular formula is C15H32N2. The minimum absolute atomic E-state index is 0.445. The van der Waals surface area contributed by atoms with Crippen molar-refractivity contribution in [1.29, 1.82) is 0 Å². The van der Waals surface area contributed by atoms with Crippen molar-refractivity contribution in [3.8, 4) is 0 Å². The summed E-state index contributed by atoms with van der Waals surface area (Å²) in [7, 11) is 0. The first-order valence-electron chi connectivity index (χ1n) is 7.56. The van der Waals surface area contributed by atoms with Gasteiger partial charge >= 0.3 is 0 Å². The molecule has 1 aliphatic rings. The SMILES string of the molecule is CCCN(CC1CC1)CC(C)(CC)CNCC. The quantitative estimate of drug-likeness (QED) is 0.631. The standard InChI is InChI=1S/C15H32N2/c1-5-10-17(11-14-8-9-14)13-15(4,6-2)12-16-7-3/h14,16H,5-13H2,1-4H3. The van der Waals surface area contributed by atoms with Gasteiger partial charge in [-0.2, -0.15) is 0 Å². The number of hydrogen-bond acceptors (Lipinski definition) is 2. The van der Waals surface area contributed by atoms with Gasteiger partial charge in [-0.25, -0.2) is 0 Å². The Morgan fingerprint density at radius 2 is 1.94 bits per heavy atom. The molecule has 0 amide bonds. The van der Waals surface area contributed by atoms with Crippen molar-refractivity contribution in [3.05, 3.63) is 0 Å². The van der Waals surface area contributed by atoms with E-state index in [4.69, 9.17) is 0 Å². The van der Waals surface area contributed by atoms with Gasteiger partial charge in [-0.15, -0.1) is 0 Å². The molecule has 0 aromatic rings. The Balaban J connectivity index is 2.41. The van der Waals surface area contributed by atoms with E-state index in [9.17, 15) is 0 Å². The molecule has 0 aromatic carbocycles. The van der Waals surface area contributed by atoms with Crippen LogP contribution in [0.5, 0.6) is 0 Å². The molecule has 0 saturated heterocycles. The molecule has 1 N–H and O–H groups in total. The molecule has 1 unspecified atom stereocenters. The number of rotatable bonds is 10. The molecule has 1 fully saturated rings. The average molecular weight is 240 g/mol. The maximum absolute atomic E-state index is 3.53. The molecule has 17 heavy (non-hydrogen) atoms. The summed E-state index contributed by atoms with van der Waals surface area (Å²) in [4.78, 5) is 2.71. The lowest BCUT2D eigenvalue weighted by molar-refractivity contribution is 0.150. The molecule has 102 valence electrons. The van der Waals surface area contributed by atoms with E-state index in [2.05, 4.69) is 37.9 Å². The fourth-order valence-electron chi connectivity index (χ4n) is 2.48. The van der Waals surface area contributed by atoms with Crippen LogP contribution in [0.3, 0.4) is 0 Å². The van der Waals surface area contributed by atoms with E-state index in [-0.39, 0.29) is 0 Å². The molecule has 0 bridgehead atoms. The lowest BCUT2D eigenvalue weighted by Crippen LogP contribution is -2.43. The van der Waals surface area contributed by atoms with Crippen LogP contribution in [-0.4, -0.2) is 37.6 Å². The average Bonchev–Trinajstić information content (AvgIpc) is 3.11. The second kappa shape index (κ2) is 7.38. The maximum atomic E-state index is 3.53. The fraction of sp³-hybridized carbons (Fsp3) is 1.00. The topological polar surface area (TPSA) is 15.3 Å². The van der Waals surface area contributed by atoms with Crippen LogP contribution < -0.4 is 5.32 Å². The highest BCUT2D eigenvalue weighted by atomic mass is 15.1. The van der Waals surface area contributed by atoms with E-state index in [0.29, 0.717) is 5.41 Å². The maximum Gasteiger partial charge on any atom is 0.00475 e. The van der Waals surface area contributed by atoms with Gasteiger partial charge in [0.1, 0.15) is 0 Å². The monoisotopic (exact) mass is 240 g/mol. The van der Waals surface area contributed by atoms with Gasteiger partial charge in [0, 0.05) is 19.6 Å². The van der Waals surface area contributed by atoms with Crippen LogP contribution >= 0.6 is 0 Å². The summed E-state index contributed by atoms with van der Waals surface area (Å²) in [6.45, 7) is 15.4. The van der Waals surface area contributed by atoms with Crippen molar-refractivity contribution in [2.45, 2.75) is 53.4 Å². The van der Waals surface area contributed by atoms with Gasteiger partial charge in [0.25, 0.3) is 0 Å². The zero-order valence-electron chi connectivity index (χ0n) is 12.4. The van der Waals surface area contributed by atoms with Crippen LogP contribution in [0.4, 0.5) is 0 Å². The molecule has 0 spiro atoms. The first kappa shape index (κ1) is 15.0. The highest BCUT2D eigenvalue weighted by Crippen LogP contribution is 2.31. The van der Waals surface area contributed by atoms with Crippen LogP contribution in [0.25, 0.3) is 0 Å². The summed E-state index contributed by atoms with van der Waals surface area (Å²) in [6, 6.07) is 0.